The minimum absolute atomic E-state index is 0.230. The first kappa shape index (κ1) is 15.0. The Balaban J connectivity index is 2.25. The van der Waals surface area contributed by atoms with Gasteiger partial charge in [-0.15, -0.1) is 0 Å². The summed E-state index contributed by atoms with van der Waals surface area (Å²) in [5.41, 5.74) is 1.27. The van der Waals surface area contributed by atoms with Crippen molar-refractivity contribution in [1.29, 1.82) is 0 Å². The Morgan fingerprint density at radius 3 is 2.67 bits per heavy atom. The van der Waals surface area contributed by atoms with Gasteiger partial charge in [0.25, 0.3) is 0 Å². The maximum absolute atomic E-state index is 5.68. The molecule has 3 heteroatoms. The van der Waals surface area contributed by atoms with E-state index in [9.17, 15) is 0 Å². The molecule has 0 atom stereocenters. The molecule has 0 saturated carbocycles. The molecule has 0 bridgehead atoms. The SMILES string of the molecule is CCNCCCNCc1cccc(OC(C)C)c1. The molecule has 1 aromatic rings. The minimum atomic E-state index is 0.230. The quantitative estimate of drug-likeness (QED) is 0.661. The van der Waals surface area contributed by atoms with Crippen molar-refractivity contribution in [2.24, 2.45) is 0 Å². The van der Waals surface area contributed by atoms with Gasteiger partial charge in [-0.2, -0.15) is 0 Å². The van der Waals surface area contributed by atoms with Gasteiger partial charge in [-0.1, -0.05) is 19.1 Å². The van der Waals surface area contributed by atoms with Crippen LogP contribution >= 0.6 is 0 Å². The predicted molar refractivity (Wildman–Crippen MR) is 77.1 cm³/mol. The maximum atomic E-state index is 5.68. The van der Waals surface area contributed by atoms with Crippen LogP contribution in [-0.2, 0) is 6.54 Å². The van der Waals surface area contributed by atoms with Crippen molar-refractivity contribution in [3.63, 3.8) is 0 Å². The molecule has 0 radical (unpaired) electrons. The number of ether oxygens (including phenoxy) is 1. The second kappa shape index (κ2) is 8.95. The molecule has 0 aliphatic heterocycles. The van der Waals surface area contributed by atoms with E-state index in [4.69, 9.17) is 4.74 Å². The van der Waals surface area contributed by atoms with Crippen LogP contribution in [0.1, 0.15) is 32.8 Å². The van der Waals surface area contributed by atoms with Gasteiger partial charge in [0.05, 0.1) is 6.10 Å². The van der Waals surface area contributed by atoms with Crippen LogP contribution in [0.25, 0.3) is 0 Å². The van der Waals surface area contributed by atoms with E-state index in [1.807, 2.05) is 26.0 Å². The van der Waals surface area contributed by atoms with Crippen LogP contribution in [-0.4, -0.2) is 25.7 Å². The van der Waals surface area contributed by atoms with Gasteiger partial charge in [-0.25, -0.2) is 0 Å². The Morgan fingerprint density at radius 2 is 1.94 bits per heavy atom. The number of hydrogen-bond donors (Lipinski definition) is 2. The number of benzene rings is 1. The molecule has 1 aromatic carbocycles. The second-order valence-corrected chi connectivity index (χ2v) is 4.70. The average molecular weight is 250 g/mol. The summed E-state index contributed by atoms with van der Waals surface area (Å²) in [5.74, 6) is 0.956. The van der Waals surface area contributed by atoms with Crippen LogP contribution in [0.2, 0.25) is 0 Å². The van der Waals surface area contributed by atoms with Crippen molar-refractivity contribution in [3.8, 4) is 5.75 Å². The Hall–Kier alpha value is -1.06. The van der Waals surface area contributed by atoms with E-state index < -0.39 is 0 Å². The summed E-state index contributed by atoms with van der Waals surface area (Å²) in [6.07, 6.45) is 1.39. The van der Waals surface area contributed by atoms with Crippen LogP contribution in [0.15, 0.2) is 24.3 Å². The molecule has 2 N–H and O–H groups in total. The minimum Gasteiger partial charge on any atom is -0.491 e. The van der Waals surface area contributed by atoms with E-state index in [1.54, 1.807) is 0 Å². The smallest absolute Gasteiger partial charge is 0.120 e. The van der Waals surface area contributed by atoms with Gasteiger partial charge in [0.1, 0.15) is 5.75 Å². The van der Waals surface area contributed by atoms with Gasteiger partial charge in [0.15, 0.2) is 0 Å². The molecule has 0 amide bonds. The first-order valence-electron chi connectivity index (χ1n) is 6.89. The fourth-order valence-electron chi connectivity index (χ4n) is 1.75. The van der Waals surface area contributed by atoms with Crippen molar-refractivity contribution in [3.05, 3.63) is 29.8 Å². The summed E-state index contributed by atoms with van der Waals surface area (Å²) in [7, 11) is 0. The highest BCUT2D eigenvalue weighted by atomic mass is 16.5. The van der Waals surface area contributed by atoms with E-state index in [1.165, 1.54) is 5.56 Å². The van der Waals surface area contributed by atoms with Crippen LogP contribution in [0.5, 0.6) is 5.75 Å². The van der Waals surface area contributed by atoms with Gasteiger partial charge in [0.2, 0.25) is 0 Å². The zero-order valence-corrected chi connectivity index (χ0v) is 11.8. The van der Waals surface area contributed by atoms with Gasteiger partial charge < -0.3 is 15.4 Å². The molecule has 1 rings (SSSR count). The predicted octanol–water partition coefficient (Wildman–Crippen LogP) is 2.56. The standard InChI is InChI=1S/C15H26N2O/c1-4-16-9-6-10-17-12-14-7-5-8-15(11-14)18-13(2)3/h5,7-8,11,13,16-17H,4,6,9-10,12H2,1-3H3. The third kappa shape index (κ3) is 6.62. The Morgan fingerprint density at radius 1 is 1.17 bits per heavy atom. The summed E-state index contributed by atoms with van der Waals surface area (Å²) in [6, 6.07) is 8.30. The van der Waals surface area contributed by atoms with Gasteiger partial charge in [-0.3, -0.25) is 0 Å². The maximum Gasteiger partial charge on any atom is 0.120 e. The number of hydrogen-bond acceptors (Lipinski definition) is 3. The van der Waals surface area contributed by atoms with E-state index >= 15 is 0 Å². The molecule has 0 heterocycles. The monoisotopic (exact) mass is 250 g/mol. The van der Waals surface area contributed by atoms with Crippen molar-refractivity contribution in [2.45, 2.75) is 39.8 Å². The molecule has 18 heavy (non-hydrogen) atoms. The average Bonchev–Trinajstić information content (AvgIpc) is 2.33. The topological polar surface area (TPSA) is 33.3 Å². The van der Waals surface area contributed by atoms with E-state index in [0.717, 1.165) is 38.3 Å². The Kier molecular flexibility index (Phi) is 7.46. The highest BCUT2D eigenvalue weighted by molar-refractivity contribution is 5.28. The fraction of sp³-hybridized carbons (Fsp3) is 0.600. The first-order valence-corrected chi connectivity index (χ1v) is 6.89. The van der Waals surface area contributed by atoms with Gasteiger partial charge in [0, 0.05) is 6.54 Å². The third-order valence-electron chi connectivity index (χ3n) is 2.56. The van der Waals surface area contributed by atoms with Crippen molar-refractivity contribution >= 4 is 0 Å². The summed E-state index contributed by atoms with van der Waals surface area (Å²) in [6.45, 7) is 10.3. The number of rotatable bonds is 9. The lowest BCUT2D eigenvalue weighted by Gasteiger charge is -2.11. The molecule has 0 spiro atoms. The van der Waals surface area contributed by atoms with E-state index in [2.05, 4.69) is 29.7 Å². The summed E-state index contributed by atoms with van der Waals surface area (Å²) < 4.78 is 5.68. The lowest BCUT2D eigenvalue weighted by molar-refractivity contribution is 0.242. The van der Waals surface area contributed by atoms with Crippen LogP contribution in [0, 0.1) is 0 Å². The van der Waals surface area contributed by atoms with Crippen LogP contribution < -0.4 is 15.4 Å². The second-order valence-electron chi connectivity index (χ2n) is 4.70. The Bertz CT molecular complexity index is 326. The molecule has 0 fully saturated rings. The van der Waals surface area contributed by atoms with E-state index in [0.29, 0.717) is 0 Å². The van der Waals surface area contributed by atoms with Gasteiger partial charge >= 0.3 is 0 Å². The van der Waals surface area contributed by atoms with Gasteiger partial charge in [-0.05, 0) is 57.6 Å². The molecule has 0 aromatic heterocycles. The van der Waals surface area contributed by atoms with Crippen LogP contribution in [0.3, 0.4) is 0 Å². The largest absolute Gasteiger partial charge is 0.491 e. The molecule has 0 unspecified atom stereocenters. The summed E-state index contributed by atoms with van der Waals surface area (Å²) >= 11 is 0. The lowest BCUT2D eigenvalue weighted by Crippen LogP contribution is -2.21. The summed E-state index contributed by atoms with van der Waals surface area (Å²) in [4.78, 5) is 0. The first-order chi connectivity index (χ1) is 8.72. The van der Waals surface area contributed by atoms with Crippen LogP contribution in [0.4, 0.5) is 0 Å². The zero-order chi connectivity index (χ0) is 13.2. The molecule has 0 saturated heterocycles. The normalized spacial score (nSPS) is 10.9. The molecular formula is C15H26N2O. The molecule has 102 valence electrons. The highest BCUT2D eigenvalue weighted by Crippen LogP contribution is 2.14. The Labute approximate surface area is 111 Å². The molecule has 0 aliphatic rings. The lowest BCUT2D eigenvalue weighted by atomic mass is 10.2. The fourth-order valence-corrected chi connectivity index (χ4v) is 1.75. The molecule has 3 nitrogen and oxygen atoms in total. The zero-order valence-electron chi connectivity index (χ0n) is 11.8. The molecular weight excluding hydrogens is 224 g/mol. The third-order valence-corrected chi connectivity index (χ3v) is 2.56. The molecule has 0 aliphatic carbocycles. The van der Waals surface area contributed by atoms with Crippen molar-refractivity contribution < 1.29 is 4.74 Å². The van der Waals surface area contributed by atoms with Crippen molar-refractivity contribution in [2.75, 3.05) is 19.6 Å². The highest BCUT2D eigenvalue weighted by Gasteiger charge is 1.99. The number of nitrogens with one attached hydrogen (secondary N) is 2. The van der Waals surface area contributed by atoms with Crippen molar-refractivity contribution in [1.82, 2.24) is 10.6 Å². The van der Waals surface area contributed by atoms with E-state index in [-0.39, 0.29) is 6.10 Å². The summed E-state index contributed by atoms with van der Waals surface area (Å²) in [5, 5.41) is 6.76.